The van der Waals surface area contributed by atoms with E-state index in [4.69, 9.17) is 5.14 Å². The van der Waals surface area contributed by atoms with E-state index >= 15 is 0 Å². The number of hydrogen-bond acceptors (Lipinski definition) is 2. The van der Waals surface area contributed by atoms with Crippen LogP contribution in [0.5, 0.6) is 0 Å². The van der Waals surface area contributed by atoms with Crippen LogP contribution in [0.25, 0.3) is 0 Å². The molecule has 0 aromatic carbocycles. The van der Waals surface area contributed by atoms with Crippen LogP contribution < -0.4 is 5.14 Å². The Kier molecular flexibility index (Phi) is 2.13. The Morgan fingerprint density at radius 2 is 2.44 bits per heavy atom. The summed E-state index contributed by atoms with van der Waals surface area (Å²) in [6.07, 6.45) is 5.37. The van der Waals surface area contributed by atoms with Crippen LogP contribution >= 0.6 is 0 Å². The predicted molar refractivity (Wildman–Crippen MR) is 38.1 cm³/mol. The van der Waals surface area contributed by atoms with Crippen LogP contribution in [0.4, 0.5) is 0 Å². The van der Waals surface area contributed by atoms with E-state index < -0.39 is 11.0 Å². The van der Waals surface area contributed by atoms with Gasteiger partial charge in [0.05, 0.1) is 0 Å². The van der Waals surface area contributed by atoms with E-state index in [1.54, 1.807) is 12.3 Å². The average molecular weight is 144 g/mol. The molecular formula is C5H8N2OS. The second-order valence-corrected chi connectivity index (χ2v) is 2.74. The van der Waals surface area contributed by atoms with Gasteiger partial charge in [-0.1, -0.05) is 0 Å². The van der Waals surface area contributed by atoms with Gasteiger partial charge in [-0.2, -0.15) is 0 Å². The first-order valence-corrected chi connectivity index (χ1v) is 3.91. The minimum atomic E-state index is -1.39. The number of rotatable bonds is 1. The second kappa shape index (κ2) is 2.89. The average Bonchev–Trinajstić information content (AvgIpc) is 1.90. The van der Waals surface area contributed by atoms with E-state index in [0.29, 0.717) is 5.03 Å². The maximum atomic E-state index is 10.5. The SMILES string of the molecule is NS(=O)C1=CCCC=N1. The van der Waals surface area contributed by atoms with Crippen molar-refractivity contribution in [2.75, 3.05) is 0 Å². The summed E-state index contributed by atoms with van der Waals surface area (Å²) >= 11 is 0. The van der Waals surface area contributed by atoms with E-state index in [0.717, 1.165) is 12.8 Å². The van der Waals surface area contributed by atoms with Gasteiger partial charge in [0, 0.05) is 6.21 Å². The quantitative estimate of drug-likeness (QED) is 0.566. The Bertz CT molecular complexity index is 185. The fraction of sp³-hybridized carbons (Fsp3) is 0.400. The van der Waals surface area contributed by atoms with Gasteiger partial charge in [-0.25, -0.2) is 9.35 Å². The monoisotopic (exact) mass is 144 g/mol. The van der Waals surface area contributed by atoms with Crippen LogP contribution in [0.2, 0.25) is 0 Å². The maximum Gasteiger partial charge on any atom is 0.140 e. The van der Waals surface area contributed by atoms with Crippen molar-refractivity contribution in [3.63, 3.8) is 0 Å². The molecule has 1 heterocycles. The summed E-state index contributed by atoms with van der Waals surface area (Å²) in [7, 11) is -1.39. The molecule has 0 aromatic heterocycles. The smallest absolute Gasteiger partial charge is 0.140 e. The van der Waals surface area contributed by atoms with E-state index in [-0.39, 0.29) is 0 Å². The van der Waals surface area contributed by atoms with E-state index in [9.17, 15) is 4.21 Å². The predicted octanol–water partition coefficient (Wildman–Crippen LogP) is 0.315. The molecule has 0 bridgehead atoms. The highest BCUT2D eigenvalue weighted by Gasteiger charge is 2.00. The second-order valence-electron chi connectivity index (χ2n) is 1.73. The molecule has 1 aliphatic heterocycles. The minimum Gasteiger partial charge on any atom is -0.251 e. The normalized spacial score (nSPS) is 21.2. The fourth-order valence-electron chi connectivity index (χ4n) is 0.623. The van der Waals surface area contributed by atoms with Gasteiger partial charge in [-0.3, -0.25) is 4.99 Å². The van der Waals surface area contributed by atoms with Gasteiger partial charge in [0.1, 0.15) is 16.0 Å². The number of nitrogens with zero attached hydrogens (tertiary/aromatic N) is 1. The first-order chi connectivity index (χ1) is 4.30. The highest BCUT2D eigenvalue weighted by atomic mass is 32.2. The van der Waals surface area contributed by atoms with Crippen molar-refractivity contribution >= 4 is 17.2 Å². The molecule has 50 valence electrons. The third-order valence-electron chi connectivity index (χ3n) is 1.04. The molecule has 0 spiro atoms. The zero-order valence-electron chi connectivity index (χ0n) is 4.91. The van der Waals surface area contributed by atoms with Gasteiger partial charge in [-0.15, -0.1) is 0 Å². The fourth-order valence-corrected chi connectivity index (χ4v) is 1.08. The molecule has 1 rings (SSSR count). The van der Waals surface area contributed by atoms with Crippen LogP contribution in [0, 0.1) is 0 Å². The topological polar surface area (TPSA) is 55.5 Å². The molecule has 1 atom stereocenters. The van der Waals surface area contributed by atoms with Crippen molar-refractivity contribution in [2.45, 2.75) is 12.8 Å². The lowest BCUT2D eigenvalue weighted by atomic mass is 10.3. The van der Waals surface area contributed by atoms with Crippen LogP contribution in [-0.4, -0.2) is 10.4 Å². The number of allylic oxidation sites excluding steroid dienone is 1. The van der Waals surface area contributed by atoms with E-state index in [1.165, 1.54) is 0 Å². The number of nitrogens with two attached hydrogens (primary N) is 1. The summed E-state index contributed by atoms with van der Waals surface area (Å²) in [5, 5.41) is 5.56. The molecule has 0 saturated carbocycles. The van der Waals surface area contributed by atoms with Gasteiger partial charge in [0.15, 0.2) is 0 Å². The standard InChI is InChI=1S/C5H8N2OS/c6-9(8)5-3-1-2-4-7-5/h3-4H,1-2,6H2. The summed E-state index contributed by atoms with van der Waals surface area (Å²) in [6.45, 7) is 0. The zero-order valence-corrected chi connectivity index (χ0v) is 5.73. The Balaban J connectivity index is 2.69. The van der Waals surface area contributed by atoms with Crippen molar-refractivity contribution in [3.05, 3.63) is 11.1 Å². The van der Waals surface area contributed by atoms with Crippen molar-refractivity contribution in [2.24, 2.45) is 10.1 Å². The van der Waals surface area contributed by atoms with Crippen LogP contribution in [0.15, 0.2) is 16.1 Å². The summed E-state index contributed by atoms with van der Waals surface area (Å²) in [6, 6.07) is 0. The molecule has 4 heteroatoms. The zero-order chi connectivity index (χ0) is 6.69. The van der Waals surface area contributed by atoms with E-state index in [2.05, 4.69) is 4.99 Å². The van der Waals surface area contributed by atoms with Crippen LogP contribution in [0.3, 0.4) is 0 Å². The molecule has 0 radical (unpaired) electrons. The Hall–Kier alpha value is -0.480. The third kappa shape index (κ3) is 1.73. The molecule has 0 aromatic rings. The molecule has 0 aliphatic carbocycles. The first kappa shape index (κ1) is 6.64. The largest absolute Gasteiger partial charge is 0.251 e. The molecule has 1 unspecified atom stereocenters. The molecule has 3 nitrogen and oxygen atoms in total. The lowest BCUT2D eigenvalue weighted by Gasteiger charge is -1.99. The molecule has 9 heavy (non-hydrogen) atoms. The Morgan fingerprint density at radius 1 is 1.67 bits per heavy atom. The molecule has 0 saturated heterocycles. The van der Waals surface area contributed by atoms with Crippen LogP contribution in [0.1, 0.15) is 12.8 Å². The summed E-state index contributed by atoms with van der Waals surface area (Å²) in [4.78, 5) is 3.84. The van der Waals surface area contributed by atoms with Gasteiger partial charge < -0.3 is 0 Å². The Labute approximate surface area is 56.2 Å². The van der Waals surface area contributed by atoms with Crippen LogP contribution in [-0.2, 0) is 11.0 Å². The Morgan fingerprint density at radius 3 is 2.78 bits per heavy atom. The van der Waals surface area contributed by atoms with Crippen molar-refractivity contribution < 1.29 is 4.21 Å². The van der Waals surface area contributed by atoms with Crippen molar-refractivity contribution in [1.29, 1.82) is 0 Å². The summed E-state index contributed by atoms with van der Waals surface area (Å²) < 4.78 is 10.5. The van der Waals surface area contributed by atoms with Crippen molar-refractivity contribution in [1.82, 2.24) is 0 Å². The van der Waals surface area contributed by atoms with Gasteiger partial charge in [-0.05, 0) is 18.9 Å². The number of aliphatic imine (C=N–C) groups is 1. The molecular weight excluding hydrogens is 136 g/mol. The lowest BCUT2D eigenvalue weighted by Crippen LogP contribution is -2.05. The number of hydrogen-bond donors (Lipinski definition) is 1. The van der Waals surface area contributed by atoms with Gasteiger partial charge in [0.2, 0.25) is 0 Å². The molecule has 1 aliphatic rings. The van der Waals surface area contributed by atoms with Crippen molar-refractivity contribution in [3.8, 4) is 0 Å². The highest BCUT2D eigenvalue weighted by Crippen LogP contribution is 2.06. The molecule has 0 fully saturated rings. The van der Waals surface area contributed by atoms with Gasteiger partial charge in [0.25, 0.3) is 0 Å². The summed E-state index contributed by atoms with van der Waals surface area (Å²) in [5.41, 5.74) is 0. The lowest BCUT2D eigenvalue weighted by molar-refractivity contribution is 0.687. The first-order valence-electron chi connectivity index (χ1n) is 2.69. The molecule has 2 N–H and O–H groups in total. The third-order valence-corrected chi connectivity index (χ3v) is 1.72. The maximum absolute atomic E-state index is 10.5. The van der Waals surface area contributed by atoms with Gasteiger partial charge >= 0.3 is 0 Å². The molecule has 0 amide bonds. The summed E-state index contributed by atoms with van der Waals surface area (Å²) in [5.74, 6) is 0. The van der Waals surface area contributed by atoms with E-state index in [1.807, 2.05) is 0 Å². The minimum absolute atomic E-state index is 0.501. The highest BCUT2D eigenvalue weighted by molar-refractivity contribution is 7.86.